The maximum absolute atomic E-state index is 14.7. The average molecular weight is 422 g/mol. The Morgan fingerprint density at radius 2 is 1.86 bits per heavy atom. The number of carbonyl (C=O) groups excluding carboxylic acids is 2. The lowest BCUT2D eigenvalue weighted by Crippen LogP contribution is -2.46. The Hall–Kier alpha value is -2.28. The monoisotopic (exact) mass is 421 g/mol. The Morgan fingerprint density at radius 1 is 1.14 bits per heavy atom. The topological polar surface area (TPSA) is 74.8 Å². The van der Waals surface area contributed by atoms with Crippen LogP contribution in [0.25, 0.3) is 0 Å². The van der Waals surface area contributed by atoms with E-state index in [2.05, 4.69) is 15.5 Å². The van der Waals surface area contributed by atoms with Crippen LogP contribution in [0.1, 0.15) is 60.5 Å². The van der Waals surface area contributed by atoms with Crippen molar-refractivity contribution >= 4 is 23.3 Å². The number of nitrogens with zero attached hydrogens (tertiary/aromatic N) is 1. The van der Waals surface area contributed by atoms with Crippen molar-refractivity contribution < 1.29 is 18.4 Å². The van der Waals surface area contributed by atoms with Gasteiger partial charge in [0, 0.05) is 23.6 Å². The molecule has 2 aromatic rings. The average Bonchev–Trinajstić information content (AvgIpc) is 3.37. The van der Waals surface area contributed by atoms with Gasteiger partial charge in [-0.2, -0.15) is 5.10 Å². The Morgan fingerprint density at radius 3 is 2.48 bits per heavy atom. The van der Waals surface area contributed by atoms with Crippen molar-refractivity contribution in [1.82, 2.24) is 15.5 Å². The summed E-state index contributed by atoms with van der Waals surface area (Å²) in [6.45, 7) is 0. The van der Waals surface area contributed by atoms with Crippen molar-refractivity contribution in [2.24, 2.45) is 17.8 Å². The number of aromatic amines is 1. The van der Waals surface area contributed by atoms with Crippen LogP contribution in [-0.4, -0.2) is 21.9 Å². The van der Waals surface area contributed by atoms with Crippen molar-refractivity contribution in [2.45, 2.75) is 44.6 Å². The summed E-state index contributed by atoms with van der Waals surface area (Å²) in [4.78, 5) is 25.6. The Labute approximate surface area is 172 Å². The lowest BCUT2D eigenvalue weighted by Gasteiger charge is -2.36. The summed E-state index contributed by atoms with van der Waals surface area (Å²) in [6, 6.07) is 1.51. The minimum absolute atomic E-state index is 0.0653. The van der Waals surface area contributed by atoms with E-state index in [0.717, 1.165) is 31.7 Å². The van der Waals surface area contributed by atoms with Gasteiger partial charge >= 0.3 is 0 Å². The second kappa shape index (κ2) is 8.22. The molecule has 3 atom stereocenters. The number of aromatic nitrogens is 2. The molecule has 5 nitrogen and oxygen atoms in total. The van der Waals surface area contributed by atoms with Crippen LogP contribution < -0.4 is 5.32 Å². The van der Waals surface area contributed by atoms with Crippen LogP contribution in [0.15, 0.2) is 24.5 Å². The molecular weight excluding hydrogens is 400 g/mol. The van der Waals surface area contributed by atoms with Gasteiger partial charge in [0.15, 0.2) is 5.78 Å². The summed E-state index contributed by atoms with van der Waals surface area (Å²) < 4.78 is 29.3. The summed E-state index contributed by atoms with van der Waals surface area (Å²) in [5.74, 6) is -3.04. The van der Waals surface area contributed by atoms with Crippen LogP contribution in [0.2, 0.25) is 5.02 Å². The first-order valence-electron chi connectivity index (χ1n) is 9.94. The van der Waals surface area contributed by atoms with Crippen LogP contribution in [-0.2, 0) is 4.79 Å². The minimum atomic E-state index is -0.830. The van der Waals surface area contributed by atoms with Gasteiger partial charge in [-0.05, 0) is 43.7 Å². The largest absolute Gasteiger partial charge is 0.349 e. The molecule has 2 aliphatic rings. The van der Waals surface area contributed by atoms with Crippen LogP contribution in [0.3, 0.4) is 0 Å². The van der Waals surface area contributed by atoms with E-state index in [1.54, 1.807) is 0 Å². The number of Topliss-reactive ketones (excluding diaryl/α,β-unsaturated/α-hetero) is 1. The predicted octanol–water partition coefficient (Wildman–Crippen LogP) is 4.60. The molecule has 1 heterocycles. The van der Waals surface area contributed by atoms with Crippen molar-refractivity contribution in [2.75, 3.05) is 0 Å². The fourth-order valence-electron chi connectivity index (χ4n) is 4.53. The van der Waals surface area contributed by atoms with E-state index in [1.807, 2.05) is 0 Å². The predicted molar refractivity (Wildman–Crippen MR) is 103 cm³/mol. The zero-order valence-electron chi connectivity index (χ0n) is 15.8. The van der Waals surface area contributed by atoms with Crippen molar-refractivity contribution in [3.63, 3.8) is 0 Å². The van der Waals surface area contributed by atoms with Crippen molar-refractivity contribution in [3.8, 4) is 0 Å². The van der Waals surface area contributed by atoms with E-state index in [1.165, 1.54) is 18.5 Å². The summed E-state index contributed by atoms with van der Waals surface area (Å²) >= 11 is 5.89. The molecule has 154 valence electrons. The number of hydrogen-bond donors (Lipinski definition) is 2. The maximum atomic E-state index is 14.7. The lowest BCUT2D eigenvalue weighted by atomic mass is 9.69. The Balaban J connectivity index is 1.56. The van der Waals surface area contributed by atoms with E-state index < -0.39 is 29.5 Å². The molecule has 0 spiro atoms. The minimum Gasteiger partial charge on any atom is -0.349 e. The standard InChI is InChI=1S/C21H22ClF2N3O2/c22-15-7-8-16(23)17(18(15)24)19(11-3-1-2-4-11)27-21(29)14-6-5-13(14)20(28)12-9-25-26-10-12/h7-11,13-14,19H,1-6H2,(H,25,26)(H,27,29)/t13-,14+,19+/m1/s1. The van der Waals surface area contributed by atoms with Gasteiger partial charge in [0.25, 0.3) is 0 Å². The number of H-pyrrole nitrogens is 1. The summed E-state index contributed by atoms with van der Waals surface area (Å²) in [6.07, 6.45) is 7.57. The molecule has 8 heteroatoms. The quantitative estimate of drug-likeness (QED) is 0.528. The Bertz CT molecular complexity index is 913. The molecular formula is C21H22ClF2N3O2. The number of nitrogens with one attached hydrogen (secondary N) is 2. The zero-order chi connectivity index (χ0) is 20.5. The van der Waals surface area contributed by atoms with Gasteiger partial charge < -0.3 is 5.32 Å². The summed E-state index contributed by atoms with van der Waals surface area (Å²) in [5.41, 5.74) is 0.251. The van der Waals surface area contributed by atoms with Gasteiger partial charge in [-0.15, -0.1) is 0 Å². The van der Waals surface area contributed by atoms with Gasteiger partial charge in [0.05, 0.1) is 22.8 Å². The number of amides is 1. The molecule has 2 saturated carbocycles. The van der Waals surface area contributed by atoms with Gasteiger partial charge in [-0.25, -0.2) is 8.78 Å². The maximum Gasteiger partial charge on any atom is 0.224 e. The van der Waals surface area contributed by atoms with E-state index in [0.29, 0.717) is 18.4 Å². The Kier molecular flexibility index (Phi) is 5.67. The van der Waals surface area contributed by atoms with E-state index in [-0.39, 0.29) is 28.2 Å². The van der Waals surface area contributed by atoms with Gasteiger partial charge in [0.1, 0.15) is 11.6 Å². The molecule has 4 rings (SSSR count). The lowest BCUT2D eigenvalue weighted by molar-refractivity contribution is -0.130. The third kappa shape index (κ3) is 3.80. The molecule has 1 aromatic carbocycles. The second-order valence-corrected chi connectivity index (χ2v) is 8.34. The molecule has 2 fully saturated rings. The van der Waals surface area contributed by atoms with Gasteiger partial charge in [0.2, 0.25) is 5.91 Å². The zero-order valence-corrected chi connectivity index (χ0v) is 16.5. The number of carbonyl (C=O) groups is 2. The highest BCUT2D eigenvalue weighted by Crippen LogP contribution is 2.41. The fourth-order valence-corrected chi connectivity index (χ4v) is 4.70. The number of rotatable bonds is 6. The normalized spacial score (nSPS) is 22.9. The van der Waals surface area contributed by atoms with Crippen molar-refractivity contribution in [1.29, 1.82) is 0 Å². The second-order valence-electron chi connectivity index (χ2n) is 7.93. The first kappa shape index (κ1) is 20.0. The van der Waals surface area contributed by atoms with Crippen LogP contribution >= 0.6 is 11.6 Å². The first-order chi connectivity index (χ1) is 14.0. The molecule has 0 saturated heterocycles. The molecule has 0 unspecified atom stereocenters. The van der Waals surface area contributed by atoms with E-state index in [9.17, 15) is 18.4 Å². The summed E-state index contributed by atoms with van der Waals surface area (Å²) in [5, 5.41) is 9.07. The molecule has 0 bridgehead atoms. The third-order valence-corrected chi connectivity index (χ3v) is 6.58. The van der Waals surface area contributed by atoms with Crippen molar-refractivity contribution in [3.05, 3.63) is 52.3 Å². The third-order valence-electron chi connectivity index (χ3n) is 6.29. The molecule has 0 radical (unpaired) electrons. The van der Waals surface area contributed by atoms with Crippen LogP contribution in [0, 0.1) is 29.4 Å². The highest BCUT2D eigenvalue weighted by molar-refractivity contribution is 6.30. The molecule has 1 amide bonds. The number of hydrogen-bond acceptors (Lipinski definition) is 3. The SMILES string of the molecule is O=C(N[C@H](c1c(F)ccc(Cl)c1F)C1CCCC1)[C@H]1CC[C@H]1C(=O)c1cn[nH]c1. The summed E-state index contributed by atoms with van der Waals surface area (Å²) in [7, 11) is 0. The molecule has 2 aliphatic carbocycles. The van der Waals surface area contributed by atoms with Crippen LogP contribution in [0.5, 0.6) is 0 Å². The first-order valence-corrected chi connectivity index (χ1v) is 10.3. The molecule has 0 aliphatic heterocycles. The number of halogens is 3. The van der Waals surface area contributed by atoms with E-state index in [4.69, 9.17) is 11.6 Å². The van der Waals surface area contributed by atoms with E-state index >= 15 is 0 Å². The number of benzene rings is 1. The smallest absolute Gasteiger partial charge is 0.224 e. The van der Waals surface area contributed by atoms with Gasteiger partial charge in [-0.3, -0.25) is 14.7 Å². The van der Waals surface area contributed by atoms with Crippen LogP contribution in [0.4, 0.5) is 8.78 Å². The molecule has 2 N–H and O–H groups in total. The molecule has 1 aromatic heterocycles. The highest BCUT2D eigenvalue weighted by Gasteiger charge is 2.43. The van der Waals surface area contributed by atoms with Gasteiger partial charge in [-0.1, -0.05) is 24.4 Å². The number of ketones is 1. The fraction of sp³-hybridized carbons (Fsp3) is 0.476. The molecule has 29 heavy (non-hydrogen) atoms. The highest BCUT2D eigenvalue weighted by atomic mass is 35.5.